The third-order valence-corrected chi connectivity index (χ3v) is 3.30. The number of anilines is 2. The van der Waals surface area contributed by atoms with Gasteiger partial charge in [-0.3, -0.25) is 0 Å². The first-order valence-electron chi connectivity index (χ1n) is 5.13. The van der Waals surface area contributed by atoms with E-state index in [4.69, 9.17) is 12.2 Å². The zero-order valence-corrected chi connectivity index (χ0v) is 12.0. The van der Waals surface area contributed by atoms with Crippen molar-refractivity contribution in [2.24, 2.45) is 0 Å². The molecule has 0 saturated heterocycles. The number of hydrogen-bond donors (Lipinski definition) is 2. The molecule has 4 heteroatoms. The molecule has 2 aromatic rings. The van der Waals surface area contributed by atoms with Crippen LogP contribution in [0.1, 0.15) is 0 Å². The minimum Gasteiger partial charge on any atom is -0.332 e. The van der Waals surface area contributed by atoms with Crippen LogP contribution in [0.2, 0.25) is 0 Å². The number of rotatable bonds is 2. The highest BCUT2D eigenvalue weighted by molar-refractivity contribution is 14.1. The molecule has 2 rings (SSSR count). The van der Waals surface area contributed by atoms with Crippen LogP contribution in [0.5, 0.6) is 0 Å². The molecule has 2 nitrogen and oxygen atoms in total. The Kier molecular flexibility index (Phi) is 4.33. The predicted molar refractivity (Wildman–Crippen MR) is 85.4 cm³/mol. The molecule has 0 fully saturated rings. The Labute approximate surface area is 120 Å². The fraction of sp³-hybridized carbons (Fsp3) is 0. The van der Waals surface area contributed by atoms with E-state index < -0.39 is 0 Å². The van der Waals surface area contributed by atoms with E-state index in [-0.39, 0.29) is 0 Å². The van der Waals surface area contributed by atoms with Crippen LogP contribution in [0.3, 0.4) is 0 Å². The monoisotopic (exact) mass is 354 g/mol. The molecule has 0 aliphatic rings. The zero-order chi connectivity index (χ0) is 12.1. The van der Waals surface area contributed by atoms with Crippen LogP contribution in [0.25, 0.3) is 0 Å². The van der Waals surface area contributed by atoms with Crippen molar-refractivity contribution in [2.75, 3.05) is 10.6 Å². The molecule has 2 aromatic carbocycles. The summed E-state index contributed by atoms with van der Waals surface area (Å²) < 4.78 is 1.14. The predicted octanol–water partition coefficient (Wildman–Crippen LogP) is 4.10. The van der Waals surface area contributed by atoms with Gasteiger partial charge in [0.25, 0.3) is 0 Å². The van der Waals surface area contributed by atoms with Crippen molar-refractivity contribution in [1.82, 2.24) is 0 Å². The minimum absolute atomic E-state index is 0.598. The number of thiocarbonyl (C=S) groups is 1. The maximum atomic E-state index is 5.25. The molecule has 86 valence electrons. The van der Waals surface area contributed by atoms with Gasteiger partial charge < -0.3 is 10.6 Å². The molecule has 0 atom stereocenters. The van der Waals surface area contributed by atoms with E-state index in [1.54, 1.807) is 0 Å². The first-order valence-corrected chi connectivity index (χ1v) is 6.62. The van der Waals surface area contributed by atoms with E-state index in [1.807, 2.05) is 54.6 Å². The number of halogens is 1. The first-order chi connectivity index (χ1) is 8.25. The van der Waals surface area contributed by atoms with Gasteiger partial charge in [-0.1, -0.05) is 30.3 Å². The smallest absolute Gasteiger partial charge is 0.175 e. The van der Waals surface area contributed by atoms with Gasteiger partial charge in [0.1, 0.15) is 0 Å². The molecule has 0 aliphatic carbocycles. The summed E-state index contributed by atoms with van der Waals surface area (Å²) in [6, 6.07) is 17.9. The second-order valence-corrected chi connectivity index (χ2v) is 5.00. The Morgan fingerprint density at radius 1 is 0.882 bits per heavy atom. The lowest BCUT2D eigenvalue weighted by Crippen LogP contribution is -2.19. The Bertz CT molecular complexity index is 514. The lowest BCUT2D eigenvalue weighted by atomic mass is 10.3. The van der Waals surface area contributed by atoms with Crippen LogP contribution in [-0.2, 0) is 0 Å². The standard InChI is InChI=1S/C13H11IN2S/c14-11-8-4-5-9-12(11)16-13(17)15-10-6-2-1-3-7-10/h1-9H,(H2,15,16,17). The van der Waals surface area contributed by atoms with E-state index in [0.717, 1.165) is 14.9 Å². The van der Waals surface area contributed by atoms with Gasteiger partial charge in [-0.2, -0.15) is 0 Å². The van der Waals surface area contributed by atoms with Crippen molar-refractivity contribution >= 4 is 51.3 Å². The quantitative estimate of drug-likeness (QED) is 0.627. The zero-order valence-electron chi connectivity index (χ0n) is 8.98. The fourth-order valence-electron chi connectivity index (χ4n) is 1.37. The molecule has 0 amide bonds. The highest BCUT2D eigenvalue weighted by atomic mass is 127. The summed E-state index contributed by atoms with van der Waals surface area (Å²) in [4.78, 5) is 0. The Morgan fingerprint density at radius 3 is 2.24 bits per heavy atom. The van der Waals surface area contributed by atoms with E-state index in [9.17, 15) is 0 Å². The fourth-order valence-corrected chi connectivity index (χ4v) is 2.12. The van der Waals surface area contributed by atoms with Crippen LogP contribution >= 0.6 is 34.8 Å². The summed E-state index contributed by atoms with van der Waals surface area (Å²) in [7, 11) is 0. The normalized spacial score (nSPS) is 9.71. The SMILES string of the molecule is S=C(Nc1ccccc1)Nc1ccccc1I. The van der Waals surface area contributed by atoms with Gasteiger partial charge in [0.2, 0.25) is 0 Å². The van der Waals surface area contributed by atoms with Crippen LogP contribution < -0.4 is 10.6 Å². The van der Waals surface area contributed by atoms with Gasteiger partial charge in [-0.05, 0) is 59.1 Å². The van der Waals surface area contributed by atoms with Gasteiger partial charge in [-0.25, -0.2) is 0 Å². The highest BCUT2D eigenvalue weighted by Gasteiger charge is 2.01. The van der Waals surface area contributed by atoms with Crippen LogP contribution in [0.15, 0.2) is 54.6 Å². The number of para-hydroxylation sites is 2. The summed E-state index contributed by atoms with van der Waals surface area (Å²) in [6.07, 6.45) is 0. The lowest BCUT2D eigenvalue weighted by Gasteiger charge is -2.11. The largest absolute Gasteiger partial charge is 0.332 e. The molecule has 0 radical (unpaired) electrons. The van der Waals surface area contributed by atoms with E-state index in [0.29, 0.717) is 5.11 Å². The molecule has 0 heterocycles. The molecule has 0 saturated carbocycles. The van der Waals surface area contributed by atoms with Crippen molar-refractivity contribution in [1.29, 1.82) is 0 Å². The Morgan fingerprint density at radius 2 is 1.53 bits per heavy atom. The summed E-state index contributed by atoms with van der Waals surface area (Å²) in [5.41, 5.74) is 2.00. The molecule has 2 N–H and O–H groups in total. The molecule has 0 aromatic heterocycles. The van der Waals surface area contributed by atoms with Gasteiger partial charge in [0.05, 0.1) is 5.69 Å². The highest BCUT2D eigenvalue weighted by Crippen LogP contribution is 2.17. The number of nitrogens with one attached hydrogen (secondary N) is 2. The maximum Gasteiger partial charge on any atom is 0.175 e. The molecule has 17 heavy (non-hydrogen) atoms. The van der Waals surface area contributed by atoms with Crippen LogP contribution in [0.4, 0.5) is 11.4 Å². The number of benzene rings is 2. The first kappa shape index (κ1) is 12.3. The summed E-state index contributed by atoms with van der Waals surface area (Å²) in [5, 5.41) is 6.90. The van der Waals surface area contributed by atoms with Crippen molar-refractivity contribution in [3.63, 3.8) is 0 Å². The van der Waals surface area contributed by atoms with Gasteiger partial charge in [0.15, 0.2) is 5.11 Å². The van der Waals surface area contributed by atoms with Crippen LogP contribution in [0, 0.1) is 3.57 Å². The van der Waals surface area contributed by atoms with E-state index in [2.05, 4.69) is 33.2 Å². The van der Waals surface area contributed by atoms with E-state index in [1.165, 1.54) is 0 Å². The third-order valence-electron chi connectivity index (χ3n) is 2.15. The third kappa shape index (κ3) is 3.67. The number of hydrogen-bond acceptors (Lipinski definition) is 1. The van der Waals surface area contributed by atoms with Gasteiger partial charge in [0, 0.05) is 9.26 Å². The van der Waals surface area contributed by atoms with Gasteiger partial charge >= 0.3 is 0 Å². The average Bonchev–Trinajstić information content (AvgIpc) is 2.33. The van der Waals surface area contributed by atoms with Gasteiger partial charge in [-0.15, -0.1) is 0 Å². The van der Waals surface area contributed by atoms with Crippen LogP contribution in [-0.4, -0.2) is 5.11 Å². The molecule has 0 bridgehead atoms. The van der Waals surface area contributed by atoms with E-state index >= 15 is 0 Å². The topological polar surface area (TPSA) is 24.1 Å². The van der Waals surface area contributed by atoms with Crippen molar-refractivity contribution in [3.05, 3.63) is 58.2 Å². The molecular formula is C13H11IN2S. The van der Waals surface area contributed by atoms with Crippen molar-refractivity contribution in [3.8, 4) is 0 Å². The Hall–Kier alpha value is -1.14. The lowest BCUT2D eigenvalue weighted by molar-refractivity contribution is 1.57. The second kappa shape index (κ2) is 5.97. The van der Waals surface area contributed by atoms with Crippen molar-refractivity contribution in [2.45, 2.75) is 0 Å². The maximum absolute atomic E-state index is 5.25. The molecule has 0 spiro atoms. The molecule has 0 unspecified atom stereocenters. The summed E-state index contributed by atoms with van der Waals surface area (Å²) in [5.74, 6) is 0. The minimum atomic E-state index is 0.598. The summed E-state index contributed by atoms with van der Waals surface area (Å²) >= 11 is 7.53. The summed E-state index contributed by atoms with van der Waals surface area (Å²) in [6.45, 7) is 0. The molecule has 0 aliphatic heterocycles. The van der Waals surface area contributed by atoms with Crippen molar-refractivity contribution < 1.29 is 0 Å². The second-order valence-electron chi connectivity index (χ2n) is 3.42. The Balaban J connectivity index is 2.01. The molecular weight excluding hydrogens is 343 g/mol. The average molecular weight is 354 g/mol.